The number of aryl methyl sites for hydroxylation is 1. The van der Waals surface area contributed by atoms with Gasteiger partial charge in [-0.2, -0.15) is 0 Å². The molecule has 0 spiro atoms. The Morgan fingerprint density at radius 2 is 2.21 bits per heavy atom. The topological polar surface area (TPSA) is 50.2 Å². The summed E-state index contributed by atoms with van der Waals surface area (Å²) in [6, 6.07) is 3.76. The molecular weight excluding hydrogens is 178 g/mol. The summed E-state index contributed by atoms with van der Waals surface area (Å²) in [5.41, 5.74) is 1.09. The Bertz CT molecular complexity index is 352. The Balaban J connectivity index is 2.37. The first-order valence-corrected chi connectivity index (χ1v) is 4.82. The second kappa shape index (κ2) is 3.08. The Labute approximate surface area is 82.8 Å². The number of nitrogens with zero attached hydrogens (tertiary/aromatic N) is 1. The number of pyridine rings is 1. The summed E-state index contributed by atoms with van der Waals surface area (Å²) < 4.78 is 0. The molecule has 1 saturated carbocycles. The van der Waals surface area contributed by atoms with Crippen molar-refractivity contribution in [2.45, 2.75) is 31.6 Å². The molecule has 1 heterocycles. The van der Waals surface area contributed by atoms with Crippen LogP contribution in [-0.2, 0) is 10.2 Å². The molecule has 0 radical (unpaired) electrons. The lowest BCUT2D eigenvalue weighted by atomic mass is 9.66. The van der Waals surface area contributed by atoms with E-state index < -0.39 is 11.4 Å². The number of carboxylic acids is 1. The molecule has 1 aromatic rings. The standard InChI is InChI=1S/C11H13NO2/c1-8-3-4-9(12-7-8)11(10(13)14)5-2-6-11/h3-4,7H,2,5-6H2,1H3,(H,13,14). The number of aromatic nitrogens is 1. The van der Waals surface area contributed by atoms with Crippen LogP contribution >= 0.6 is 0 Å². The summed E-state index contributed by atoms with van der Waals surface area (Å²) in [6.07, 6.45) is 4.16. The van der Waals surface area contributed by atoms with E-state index in [4.69, 9.17) is 5.11 Å². The van der Waals surface area contributed by atoms with Gasteiger partial charge in [0.15, 0.2) is 0 Å². The Kier molecular flexibility index (Phi) is 2.02. The predicted octanol–water partition coefficient (Wildman–Crippen LogP) is 1.90. The third-order valence-electron chi connectivity index (χ3n) is 3.02. The van der Waals surface area contributed by atoms with Gasteiger partial charge in [0.2, 0.25) is 0 Å². The smallest absolute Gasteiger partial charge is 0.315 e. The van der Waals surface area contributed by atoms with Crippen LogP contribution in [0.2, 0.25) is 0 Å². The van der Waals surface area contributed by atoms with Crippen molar-refractivity contribution in [3.63, 3.8) is 0 Å². The molecule has 1 aliphatic rings. The van der Waals surface area contributed by atoms with Gasteiger partial charge in [0.1, 0.15) is 5.41 Å². The van der Waals surface area contributed by atoms with Gasteiger partial charge in [-0.15, -0.1) is 0 Å². The zero-order chi connectivity index (χ0) is 10.2. The van der Waals surface area contributed by atoms with Gasteiger partial charge < -0.3 is 5.11 Å². The lowest BCUT2D eigenvalue weighted by Gasteiger charge is -2.36. The van der Waals surface area contributed by atoms with Crippen LogP contribution in [0, 0.1) is 6.92 Å². The van der Waals surface area contributed by atoms with Gasteiger partial charge >= 0.3 is 5.97 Å². The molecule has 3 nitrogen and oxygen atoms in total. The third-order valence-corrected chi connectivity index (χ3v) is 3.02. The van der Waals surface area contributed by atoms with E-state index in [1.807, 2.05) is 19.1 Å². The van der Waals surface area contributed by atoms with Crippen molar-refractivity contribution in [2.75, 3.05) is 0 Å². The van der Waals surface area contributed by atoms with Crippen molar-refractivity contribution >= 4 is 5.97 Å². The molecule has 0 atom stereocenters. The lowest BCUT2D eigenvalue weighted by Crippen LogP contribution is -2.43. The lowest BCUT2D eigenvalue weighted by molar-refractivity contribution is -0.147. The Morgan fingerprint density at radius 1 is 1.50 bits per heavy atom. The minimum atomic E-state index is -0.736. The van der Waals surface area contributed by atoms with E-state index in [-0.39, 0.29) is 0 Å². The van der Waals surface area contributed by atoms with Gasteiger partial charge in [-0.1, -0.05) is 12.5 Å². The first-order valence-electron chi connectivity index (χ1n) is 4.82. The average molecular weight is 191 g/mol. The van der Waals surface area contributed by atoms with Crippen LogP contribution in [0.1, 0.15) is 30.5 Å². The summed E-state index contributed by atoms with van der Waals surface area (Å²) in [4.78, 5) is 15.4. The fourth-order valence-corrected chi connectivity index (χ4v) is 1.86. The molecular formula is C11H13NO2. The van der Waals surface area contributed by atoms with Crippen molar-refractivity contribution in [1.29, 1.82) is 0 Å². The van der Waals surface area contributed by atoms with Crippen molar-refractivity contribution in [3.8, 4) is 0 Å². The maximum atomic E-state index is 11.1. The highest BCUT2D eigenvalue weighted by molar-refractivity contribution is 5.81. The summed E-state index contributed by atoms with van der Waals surface area (Å²) in [6.45, 7) is 1.95. The SMILES string of the molecule is Cc1ccc(C2(C(=O)O)CCC2)nc1. The van der Waals surface area contributed by atoms with E-state index in [0.717, 1.165) is 24.8 Å². The number of carbonyl (C=O) groups is 1. The van der Waals surface area contributed by atoms with Crippen LogP contribution < -0.4 is 0 Å². The fraction of sp³-hybridized carbons (Fsp3) is 0.455. The summed E-state index contributed by atoms with van der Waals surface area (Å²) >= 11 is 0. The molecule has 0 aromatic carbocycles. The number of hydrogen-bond acceptors (Lipinski definition) is 2. The van der Waals surface area contributed by atoms with Crippen LogP contribution in [-0.4, -0.2) is 16.1 Å². The van der Waals surface area contributed by atoms with E-state index in [1.54, 1.807) is 6.20 Å². The number of rotatable bonds is 2. The van der Waals surface area contributed by atoms with E-state index in [0.29, 0.717) is 5.69 Å². The maximum Gasteiger partial charge on any atom is 0.315 e. The summed E-state index contributed by atoms with van der Waals surface area (Å²) in [5, 5.41) is 9.17. The molecule has 1 fully saturated rings. The Morgan fingerprint density at radius 3 is 2.57 bits per heavy atom. The quantitative estimate of drug-likeness (QED) is 0.776. The summed E-state index contributed by atoms with van der Waals surface area (Å²) in [7, 11) is 0. The molecule has 0 bridgehead atoms. The Hall–Kier alpha value is -1.38. The highest BCUT2D eigenvalue weighted by Gasteiger charge is 2.47. The van der Waals surface area contributed by atoms with Crippen LogP contribution in [0.4, 0.5) is 0 Å². The van der Waals surface area contributed by atoms with Crippen molar-refractivity contribution < 1.29 is 9.90 Å². The van der Waals surface area contributed by atoms with Gasteiger partial charge in [-0.3, -0.25) is 9.78 Å². The molecule has 74 valence electrons. The average Bonchev–Trinajstić information content (AvgIpc) is 2.05. The largest absolute Gasteiger partial charge is 0.481 e. The van der Waals surface area contributed by atoms with Crippen LogP contribution in [0.5, 0.6) is 0 Å². The maximum absolute atomic E-state index is 11.1. The van der Waals surface area contributed by atoms with Crippen molar-refractivity contribution in [2.24, 2.45) is 0 Å². The number of hydrogen-bond donors (Lipinski definition) is 1. The van der Waals surface area contributed by atoms with E-state index in [9.17, 15) is 4.79 Å². The molecule has 3 heteroatoms. The van der Waals surface area contributed by atoms with Gasteiger partial charge in [-0.05, 0) is 31.4 Å². The normalized spacial score (nSPS) is 18.6. The zero-order valence-corrected chi connectivity index (χ0v) is 8.16. The monoisotopic (exact) mass is 191 g/mol. The van der Waals surface area contributed by atoms with Crippen LogP contribution in [0.3, 0.4) is 0 Å². The molecule has 1 aliphatic carbocycles. The second-order valence-electron chi connectivity index (χ2n) is 3.96. The van der Waals surface area contributed by atoms with E-state index in [2.05, 4.69) is 4.98 Å². The van der Waals surface area contributed by atoms with Crippen LogP contribution in [0.25, 0.3) is 0 Å². The second-order valence-corrected chi connectivity index (χ2v) is 3.96. The molecule has 0 unspecified atom stereocenters. The van der Waals surface area contributed by atoms with E-state index >= 15 is 0 Å². The first kappa shape index (κ1) is 9.19. The molecule has 2 rings (SSSR count). The molecule has 14 heavy (non-hydrogen) atoms. The predicted molar refractivity (Wildman–Crippen MR) is 52.1 cm³/mol. The minimum absolute atomic E-state index is 0.687. The highest BCUT2D eigenvalue weighted by atomic mass is 16.4. The fourth-order valence-electron chi connectivity index (χ4n) is 1.86. The molecule has 0 saturated heterocycles. The third kappa shape index (κ3) is 1.20. The van der Waals surface area contributed by atoms with Gasteiger partial charge in [0, 0.05) is 6.20 Å². The molecule has 1 N–H and O–H groups in total. The van der Waals surface area contributed by atoms with Crippen LogP contribution in [0.15, 0.2) is 18.3 Å². The van der Waals surface area contributed by atoms with Gasteiger partial charge in [0.05, 0.1) is 5.69 Å². The first-order chi connectivity index (χ1) is 6.65. The van der Waals surface area contributed by atoms with Crippen molar-refractivity contribution in [3.05, 3.63) is 29.6 Å². The molecule has 0 aliphatic heterocycles. The number of aliphatic carboxylic acids is 1. The minimum Gasteiger partial charge on any atom is -0.481 e. The number of carboxylic acid groups (broad SMARTS) is 1. The van der Waals surface area contributed by atoms with Gasteiger partial charge in [0.25, 0.3) is 0 Å². The highest BCUT2D eigenvalue weighted by Crippen LogP contribution is 2.42. The van der Waals surface area contributed by atoms with E-state index in [1.165, 1.54) is 0 Å². The zero-order valence-electron chi connectivity index (χ0n) is 8.16. The van der Waals surface area contributed by atoms with Gasteiger partial charge in [-0.25, -0.2) is 0 Å². The molecule has 1 aromatic heterocycles. The molecule has 0 amide bonds. The summed E-state index contributed by atoms with van der Waals surface area (Å²) in [5.74, 6) is -0.736. The van der Waals surface area contributed by atoms with Crippen molar-refractivity contribution in [1.82, 2.24) is 4.98 Å².